The fourth-order valence-electron chi connectivity index (χ4n) is 3.53. The number of rotatable bonds is 4. The summed E-state index contributed by atoms with van der Waals surface area (Å²) in [5, 5.41) is 2.54. The number of urea groups is 1. The SMILES string of the molecule is CS(=O)(=O)N[C@H]1CCCN(C(=O)Nc2cccc(F)c2-c2c(F)cccc2F)CC1. The zero-order valence-corrected chi connectivity index (χ0v) is 17.1. The molecule has 2 N–H and O–H groups in total. The first-order valence-corrected chi connectivity index (χ1v) is 11.3. The molecular formula is C20H22F3N3O3S. The Balaban J connectivity index is 1.80. The summed E-state index contributed by atoms with van der Waals surface area (Å²) in [7, 11) is -3.36. The Morgan fingerprint density at radius 1 is 0.967 bits per heavy atom. The highest BCUT2D eigenvalue weighted by molar-refractivity contribution is 7.88. The number of carbonyl (C=O) groups is 1. The van der Waals surface area contributed by atoms with Crippen molar-refractivity contribution in [3.63, 3.8) is 0 Å². The summed E-state index contributed by atoms with van der Waals surface area (Å²) in [4.78, 5) is 14.2. The lowest BCUT2D eigenvalue weighted by molar-refractivity contribution is 0.213. The van der Waals surface area contributed by atoms with Crippen molar-refractivity contribution in [3.05, 3.63) is 53.8 Å². The van der Waals surface area contributed by atoms with Crippen molar-refractivity contribution in [1.82, 2.24) is 9.62 Å². The smallest absolute Gasteiger partial charge is 0.321 e. The fraction of sp³-hybridized carbons (Fsp3) is 0.350. The standard InChI is InChI=1S/C20H22F3N3O3S/c1-30(28,29)25-13-5-4-11-26(12-10-13)20(27)24-17-9-3-8-16(23)19(17)18-14(21)6-2-7-15(18)22/h2-3,6-9,13,25H,4-5,10-12H2,1H3,(H,24,27)/t13-/m0/s1. The maximum atomic E-state index is 14.5. The van der Waals surface area contributed by atoms with E-state index in [1.807, 2.05) is 0 Å². The summed E-state index contributed by atoms with van der Waals surface area (Å²) in [6, 6.07) is 6.12. The first-order chi connectivity index (χ1) is 14.2. The number of hydrogen-bond acceptors (Lipinski definition) is 3. The van der Waals surface area contributed by atoms with Crippen LogP contribution in [0.15, 0.2) is 36.4 Å². The molecule has 0 aliphatic carbocycles. The van der Waals surface area contributed by atoms with Crippen LogP contribution in [-0.4, -0.2) is 44.7 Å². The molecule has 2 amide bonds. The van der Waals surface area contributed by atoms with Gasteiger partial charge in [0.05, 0.1) is 17.5 Å². The van der Waals surface area contributed by atoms with Crippen LogP contribution in [0.5, 0.6) is 0 Å². The molecule has 3 rings (SSSR count). The maximum Gasteiger partial charge on any atom is 0.321 e. The monoisotopic (exact) mass is 441 g/mol. The molecule has 6 nitrogen and oxygen atoms in total. The molecule has 1 saturated heterocycles. The summed E-state index contributed by atoms with van der Waals surface area (Å²) in [5.74, 6) is -2.76. The molecule has 0 radical (unpaired) electrons. The van der Waals surface area contributed by atoms with Crippen LogP contribution in [-0.2, 0) is 10.0 Å². The molecule has 1 aliphatic rings. The van der Waals surface area contributed by atoms with Crippen molar-refractivity contribution in [2.45, 2.75) is 25.3 Å². The number of hydrogen-bond donors (Lipinski definition) is 2. The van der Waals surface area contributed by atoms with Gasteiger partial charge in [0.15, 0.2) is 0 Å². The van der Waals surface area contributed by atoms with Gasteiger partial charge in [0.25, 0.3) is 0 Å². The van der Waals surface area contributed by atoms with Gasteiger partial charge >= 0.3 is 6.03 Å². The van der Waals surface area contributed by atoms with Crippen molar-refractivity contribution in [3.8, 4) is 11.1 Å². The van der Waals surface area contributed by atoms with E-state index in [0.29, 0.717) is 25.8 Å². The van der Waals surface area contributed by atoms with Crippen LogP contribution in [0.4, 0.5) is 23.7 Å². The van der Waals surface area contributed by atoms with Gasteiger partial charge in [0, 0.05) is 24.7 Å². The van der Waals surface area contributed by atoms with Gasteiger partial charge in [-0.25, -0.2) is 31.1 Å². The molecule has 30 heavy (non-hydrogen) atoms. The van der Waals surface area contributed by atoms with Crippen LogP contribution in [0.3, 0.4) is 0 Å². The minimum atomic E-state index is -3.36. The second-order valence-electron chi connectivity index (χ2n) is 7.19. The number of likely N-dealkylation sites (tertiary alicyclic amines) is 1. The van der Waals surface area contributed by atoms with E-state index < -0.39 is 39.1 Å². The molecule has 2 aromatic carbocycles. The molecular weight excluding hydrogens is 419 g/mol. The van der Waals surface area contributed by atoms with Gasteiger partial charge in [-0.3, -0.25) is 0 Å². The van der Waals surface area contributed by atoms with Gasteiger partial charge in [-0.15, -0.1) is 0 Å². The van der Waals surface area contributed by atoms with Crippen molar-refractivity contribution in [1.29, 1.82) is 0 Å². The molecule has 162 valence electrons. The average Bonchev–Trinajstić information content (AvgIpc) is 2.87. The Morgan fingerprint density at radius 2 is 1.57 bits per heavy atom. The van der Waals surface area contributed by atoms with Crippen LogP contribution in [0.25, 0.3) is 11.1 Å². The summed E-state index contributed by atoms with van der Waals surface area (Å²) >= 11 is 0. The van der Waals surface area contributed by atoms with Crippen LogP contribution < -0.4 is 10.0 Å². The molecule has 10 heteroatoms. The van der Waals surface area contributed by atoms with E-state index >= 15 is 0 Å². The lowest BCUT2D eigenvalue weighted by Crippen LogP contribution is -2.38. The minimum Gasteiger partial charge on any atom is -0.324 e. The number of nitrogens with one attached hydrogen (secondary N) is 2. The molecule has 1 aliphatic heterocycles. The predicted molar refractivity (Wildman–Crippen MR) is 108 cm³/mol. The Kier molecular flexibility index (Phi) is 6.67. The number of sulfonamides is 1. The molecule has 0 aromatic heterocycles. The van der Waals surface area contributed by atoms with E-state index in [-0.39, 0.29) is 23.8 Å². The quantitative estimate of drug-likeness (QED) is 0.759. The highest BCUT2D eigenvalue weighted by atomic mass is 32.2. The Labute approximate surface area is 173 Å². The lowest BCUT2D eigenvalue weighted by atomic mass is 10.0. The van der Waals surface area contributed by atoms with Gasteiger partial charge in [0.2, 0.25) is 10.0 Å². The number of carbonyl (C=O) groups excluding carboxylic acids is 1. The van der Waals surface area contributed by atoms with Crippen LogP contribution >= 0.6 is 0 Å². The molecule has 0 spiro atoms. The number of amides is 2. The summed E-state index contributed by atoms with van der Waals surface area (Å²) in [6.07, 6.45) is 2.63. The predicted octanol–water partition coefficient (Wildman–Crippen LogP) is 3.71. The zero-order valence-electron chi connectivity index (χ0n) is 16.3. The summed E-state index contributed by atoms with van der Waals surface area (Å²) in [6.45, 7) is 0.643. The van der Waals surface area contributed by atoms with E-state index in [2.05, 4.69) is 10.0 Å². The first-order valence-electron chi connectivity index (χ1n) is 9.42. The van der Waals surface area contributed by atoms with E-state index in [4.69, 9.17) is 0 Å². The second-order valence-corrected chi connectivity index (χ2v) is 8.97. The topological polar surface area (TPSA) is 78.5 Å². The number of nitrogens with zero attached hydrogens (tertiary/aromatic N) is 1. The van der Waals surface area contributed by atoms with Crippen molar-refractivity contribution < 1.29 is 26.4 Å². The highest BCUT2D eigenvalue weighted by Crippen LogP contribution is 2.34. The molecule has 1 atom stereocenters. The first kappa shape index (κ1) is 22.1. The van der Waals surface area contributed by atoms with Crippen molar-refractivity contribution in [2.24, 2.45) is 0 Å². The molecule has 1 heterocycles. The Bertz CT molecular complexity index is 1030. The van der Waals surface area contributed by atoms with Crippen LogP contribution in [0, 0.1) is 17.5 Å². The molecule has 0 saturated carbocycles. The number of halogens is 3. The Hall–Kier alpha value is -2.59. The molecule has 0 unspecified atom stereocenters. The summed E-state index contributed by atoms with van der Waals surface area (Å²) in [5.41, 5.74) is -0.980. The van der Waals surface area contributed by atoms with E-state index in [1.165, 1.54) is 23.1 Å². The van der Waals surface area contributed by atoms with Gasteiger partial charge in [0.1, 0.15) is 17.5 Å². The van der Waals surface area contributed by atoms with E-state index in [9.17, 15) is 26.4 Å². The van der Waals surface area contributed by atoms with Gasteiger partial charge in [-0.05, 0) is 43.5 Å². The van der Waals surface area contributed by atoms with E-state index in [1.54, 1.807) is 0 Å². The van der Waals surface area contributed by atoms with Crippen molar-refractivity contribution >= 4 is 21.7 Å². The number of benzene rings is 2. The number of anilines is 1. The lowest BCUT2D eigenvalue weighted by Gasteiger charge is -2.22. The third-order valence-corrected chi connectivity index (χ3v) is 5.63. The normalized spacial score (nSPS) is 17.5. The third-order valence-electron chi connectivity index (χ3n) is 4.86. The van der Waals surface area contributed by atoms with Gasteiger partial charge < -0.3 is 10.2 Å². The maximum absolute atomic E-state index is 14.5. The van der Waals surface area contributed by atoms with Crippen molar-refractivity contribution in [2.75, 3.05) is 24.7 Å². The zero-order chi connectivity index (χ0) is 21.9. The second kappa shape index (κ2) is 9.05. The third kappa shape index (κ3) is 5.31. The van der Waals surface area contributed by atoms with Crippen LogP contribution in [0.2, 0.25) is 0 Å². The minimum absolute atomic E-state index is 0.0564. The molecule has 0 bridgehead atoms. The summed E-state index contributed by atoms with van der Waals surface area (Å²) < 4.78 is 68.4. The van der Waals surface area contributed by atoms with Crippen LogP contribution in [0.1, 0.15) is 19.3 Å². The average molecular weight is 441 g/mol. The Morgan fingerprint density at radius 3 is 2.20 bits per heavy atom. The largest absolute Gasteiger partial charge is 0.324 e. The highest BCUT2D eigenvalue weighted by Gasteiger charge is 2.25. The molecule has 2 aromatic rings. The molecule has 1 fully saturated rings. The van der Waals surface area contributed by atoms with Gasteiger partial charge in [-0.2, -0.15) is 0 Å². The van der Waals surface area contributed by atoms with E-state index in [0.717, 1.165) is 24.5 Å². The van der Waals surface area contributed by atoms with Gasteiger partial charge in [-0.1, -0.05) is 12.1 Å². The fourth-order valence-corrected chi connectivity index (χ4v) is 4.37.